The molecule has 0 fully saturated rings. The standard InChI is InChI=1S/C55H36N2/c1-3-16-37(17-4-1)38-18-15-21-42(34-38)57-51-28-13-9-24-45(51)46-35-39(30-32-52(46)57)40-31-33-54-50(36-40)55(47-25-10-7-22-43(47)44-23-8-11-26-48(44)55)49-27-12-14-29-53(49)56(54)41-19-5-2-6-20-41/h1-36H. The Morgan fingerprint density at radius 1 is 0.298 bits per heavy atom. The highest BCUT2D eigenvalue weighted by molar-refractivity contribution is 6.10. The van der Waals surface area contributed by atoms with Crippen LogP contribution in [-0.4, -0.2) is 4.57 Å². The minimum atomic E-state index is -0.496. The van der Waals surface area contributed by atoms with Crippen LogP contribution in [0.25, 0.3) is 60.9 Å². The van der Waals surface area contributed by atoms with Crippen LogP contribution in [0.5, 0.6) is 0 Å². The lowest BCUT2D eigenvalue weighted by Gasteiger charge is -2.45. The number of para-hydroxylation sites is 3. The summed E-state index contributed by atoms with van der Waals surface area (Å²) in [6.07, 6.45) is 0. The molecule has 0 radical (unpaired) electrons. The number of anilines is 3. The van der Waals surface area contributed by atoms with Gasteiger partial charge in [0.25, 0.3) is 0 Å². The van der Waals surface area contributed by atoms with E-state index in [2.05, 4.69) is 228 Å². The highest BCUT2D eigenvalue weighted by atomic mass is 15.2. The first-order valence-corrected chi connectivity index (χ1v) is 19.8. The van der Waals surface area contributed by atoms with Gasteiger partial charge in [-0.05, 0) is 116 Å². The largest absolute Gasteiger partial charge is 0.310 e. The van der Waals surface area contributed by atoms with Crippen LogP contribution in [0.3, 0.4) is 0 Å². The van der Waals surface area contributed by atoms with Crippen molar-refractivity contribution in [2.75, 3.05) is 4.90 Å². The Labute approximate surface area is 332 Å². The molecule has 1 aliphatic carbocycles. The van der Waals surface area contributed by atoms with Gasteiger partial charge in [-0.25, -0.2) is 0 Å². The zero-order chi connectivity index (χ0) is 37.5. The molecule has 9 aromatic carbocycles. The summed E-state index contributed by atoms with van der Waals surface area (Å²) in [4.78, 5) is 2.46. The topological polar surface area (TPSA) is 8.17 Å². The molecule has 12 rings (SSSR count). The van der Waals surface area contributed by atoms with E-state index in [1.165, 1.54) is 88.8 Å². The van der Waals surface area contributed by atoms with Crippen LogP contribution < -0.4 is 4.90 Å². The lowest BCUT2D eigenvalue weighted by atomic mass is 9.64. The summed E-state index contributed by atoms with van der Waals surface area (Å²) in [5.74, 6) is 0. The summed E-state index contributed by atoms with van der Waals surface area (Å²) in [6, 6.07) is 80.6. The first kappa shape index (κ1) is 31.9. The van der Waals surface area contributed by atoms with Crippen LogP contribution in [0.1, 0.15) is 22.3 Å². The van der Waals surface area contributed by atoms with Crippen LogP contribution in [-0.2, 0) is 5.41 Å². The highest BCUT2D eigenvalue weighted by Gasteiger charge is 2.51. The van der Waals surface area contributed by atoms with E-state index in [0.717, 1.165) is 11.4 Å². The number of fused-ring (bicyclic) bond motifs is 12. The van der Waals surface area contributed by atoms with Gasteiger partial charge in [0.05, 0.1) is 27.8 Å². The average Bonchev–Trinajstić information content (AvgIpc) is 3.78. The summed E-state index contributed by atoms with van der Waals surface area (Å²) >= 11 is 0. The molecule has 0 bridgehead atoms. The first-order valence-electron chi connectivity index (χ1n) is 19.8. The minimum absolute atomic E-state index is 0.496. The maximum Gasteiger partial charge on any atom is 0.0754 e. The van der Waals surface area contributed by atoms with E-state index in [1.807, 2.05) is 0 Å². The van der Waals surface area contributed by atoms with Crippen LogP contribution in [0, 0.1) is 0 Å². The summed E-state index contributed by atoms with van der Waals surface area (Å²) in [5, 5.41) is 2.49. The third-order valence-electron chi connectivity index (χ3n) is 12.4. The molecule has 2 heteroatoms. The third-order valence-corrected chi connectivity index (χ3v) is 12.4. The molecule has 2 nitrogen and oxygen atoms in total. The summed E-state index contributed by atoms with van der Waals surface area (Å²) < 4.78 is 2.42. The molecule has 0 amide bonds. The van der Waals surface area contributed by atoms with E-state index >= 15 is 0 Å². The van der Waals surface area contributed by atoms with Gasteiger partial charge in [0.15, 0.2) is 0 Å². The molecule has 57 heavy (non-hydrogen) atoms. The molecule has 2 aliphatic rings. The summed E-state index contributed by atoms with van der Waals surface area (Å²) in [6.45, 7) is 0. The van der Waals surface area contributed by atoms with E-state index in [1.54, 1.807) is 0 Å². The molecule has 2 heterocycles. The van der Waals surface area contributed by atoms with Gasteiger partial charge in [-0.1, -0.05) is 158 Å². The van der Waals surface area contributed by atoms with E-state index in [-0.39, 0.29) is 0 Å². The van der Waals surface area contributed by atoms with Crippen molar-refractivity contribution in [3.8, 4) is 39.1 Å². The molecule has 0 N–H and O–H groups in total. The van der Waals surface area contributed by atoms with Crippen molar-refractivity contribution < 1.29 is 0 Å². The second-order valence-electron chi connectivity index (χ2n) is 15.3. The Balaban J connectivity index is 1.10. The molecule has 1 aromatic heterocycles. The zero-order valence-electron chi connectivity index (χ0n) is 31.2. The fourth-order valence-electron chi connectivity index (χ4n) is 10.0. The third kappa shape index (κ3) is 4.53. The molecule has 0 atom stereocenters. The highest BCUT2D eigenvalue weighted by Crippen LogP contribution is 2.63. The van der Waals surface area contributed by atoms with Crippen molar-refractivity contribution in [1.82, 2.24) is 4.57 Å². The Kier molecular flexibility index (Phi) is 6.88. The molecule has 0 unspecified atom stereocenters. The normalized spacial score (nSPS) is 13.4. The molecule has 266 valence electrons. The molecule has 0 saturated heterocycles. The van der Waals surface area contributed by atoms with Crippen molar-refractivity contribution >= 4 is 38.9 Å². The Morgan fingerprint density at radius 3 is 1.63 bits per heavy atom. The van der Waals surface area contributed by atoms with E-state index < -0.39 is 5.41 Å². The fraction of sp³-hybridized carbons (Fsp3) is 0.0182. The van der Waals surface area contributed by atoms with Crippen molar-refractivity contribution in [3.05, 3.63) is 241 Å². The van der Waals surface area contributed by atoms with Crippen LogP contribution in [0.4, 0.5) is 17.1 Å². The fourth-order valence-corrected chi connectivity index (χ4v) is 10.0. The van der Waals surface area contributed by atoms with Crippen molar-refractivity contribution in [2.45, 2.75) is 5.41 Å². The Bertz CT molecular complexity index is 3150. The smallest absolute Gasteiger partial charge is 0.0754 e. The Hall–Kier alpha value is -7.42. The number of benzene rings is 9. The van der Waals surface area contributed by atoms with Gasteiger partial charge in [0, 0.05) is 22.1 Å². The first-order chi connectivity index (χ1) is 28.3. The van der Waals surface area contributed by atoms with E-state index in [4.69, 9.17) is 0 Å². The number of hydrogen-bond donors (Lipinski definition) is 0. The van der Waals surface area contributed by atoms with Gasteiger partial charge < -0.3 is 9.47 Å². The second kappa shape index (κ2) is 12.3. The lowest BCUT2D eigenvalue weighted by molar-refractivity contribution is 0.753. The maximum absolute atomic E-state index is 2.49. The molecule has 0 saturated carbocycles. The summed E-state index contributed by atoms with van der Waals surface area (Å²) in [5.41, 5.74) is 19.3. The predicted octanol–water partition coefficient (Wildman–Crippen LogP) is 14.3. The number of aromatic nitrogens is 1. The Morgan fingerprint density at radius 2 is 0.842 bits per heavy atom. The van der Waals surface area contributed by atoms with Crippen molar-refractivity contribution in [3.63, 3.8) is 0 Å². The molecule has 10 aromatic rings. The van der Waals surface area contributed by atoms with Gasteiger partial charge in [0.1, 0.15) is 0 Å². The zero-order valence-corrected chi connectivity index (χ0v) is 31.2. The molecular formula is C55H36N2. The average molecular weight is 725 g/mol. The van der Waals surface area contributed by atoms with Gasteiger partial charge >= 0.3 is 0 Å². The molecular weight excluding hydrogens is 689 g/mol. The van der Waals surface area contributed by atoms with Crippen molar-refractivity contribution in [2.24, 2.45) is 0 Å². The maximum atomic E-state index is 2.49. The second-order valence-corrected chi connectivity index (χ2v) is 15.3. The van der Waals surface area contributed by atoms with Gasteiger partial charge in [-0.2, -0.15) is 0 Å². The number of hydrogen-bond acceptors (Lipinski definition) is 1. The number of nitrogens with zero attached hydrogens (tertiary/aromatic N) is 2. The molecule has 1 aliphatic heterocycles. The van der Waals surface area contributed by atoms with Gasteiger partial charge in [-0.3, -0.25) is 0 Å². The molecule has 1 spiro atoms. The van der Waals surface area contributed by atoms with Crippen LogP contribution >= 0.6 is 0 Å². The van der Waals surface area contributed by atoms with E-state index in [0.29, 0.717) is 0 Å². The van der Waals surface area contributed by atoms with E-state index in [9.17, 15) is 0 Å². The van der Waals surface area contributed by atoms with Crippen LogP contribution in [0.2, 0.25) is 0 Å². The SMILES string of the molecule is c1ccc(-c2cccc(-n3c4ccccc4c4cc(-c5ccc6c(c5)C5(c7ccccc7-c7ccccc75)c5ccccc5N6c5ccccc5)ccc43)c2)cc1. The minimum Gasteiger partial charge on any atom is -0.310 e. The predicted molar refractivity (Wildman–Crippen MR) is 237 cm³/mol. The van der Waals surface area contributed by atoms with Gasteiger partial charge in [-0.15, -0.1) is 0 Å². The van der Waals surface area contributed by atoms with Crippen LogP contribution in [0.15, 0.2) is 218 Å². The monoisotopic (exact) mass is 724 g/mol. The summed E-state index contributed by atoms with van der Waals surface area (Å²) in [7, 11) is 0. The number of rotatable bonds is 4. The lowest BCUT2D eigenvalue weighted by Crippen LogP contribution is -2.36. The quantitative estimate of drug-likeness (QED) is 0.175. The van der Waals surface area contributed by atoms with Crippen molar-refractivity contribution in [1.29, 1.82) is 0 Å². The van der Waals surface area contributed by atoms with Gasteiger partial charge in [0.2, 0.25) is 0 Å².